The largest absolute Gasteiger partial charge is 0.444 e. The molecule has 0 spiro atoms. The first-order valence-corrected chi connectivity index (χ1v) is 18.6. The molecule has 2 aliphatic rings. The van der Waals surface area contributed by atoms with Gasteiger partial charge in [0.15, 0.2) is 11.9 Å². The van der Waals surface area contributed by atoms with Gasteiger partial charge in [-0.2, -0.15) is 0 Å². The maximum absolute atomic E-state index is 12.1. The zero-order valence-corrected chi connectivity index (χ0v) is 32.9. The molecule has 54 heavy (non-hydrogen) atoms. The van der Waals surface area contributed by atoms with Crippen LogP contribution in [0.5, 0.6) is 0 Å². The summed E-state index contributed by atoms with van der Waals surface area (Å²) < 4.78 is 22.3. The number of hydrogen-bond acceptors (Lipinski definition) is 12. The van der Waals surface area contributed by atoms with Gasteiger partial charge in [-0.05, 0) is 117 Å². The van der Waals surface area contributed by atoms with Gasteiger partial charge in [0, 0.05) is 56.2 Å². The van der Waals surface area contributed by atoms with Gasteiger partial charge in [-0.15, -0.1) is 0 Å². The summed E-state index contributed by atoms with van der Waals surface area (Å²) in [5, 5.41) is 1.06. The molecule has 2 atom stereocenters. The third-order valence-electron chi connectivity index (χ3n) is 8.07. The molecule has 0 bridgehead atoms. The second-order valence-corrected chi connectivity index (χ2v) is 15.3. The number of carbonyl (C=O) groups is 4. The molecule has 2 fully saturated rings. The van der Waals surface area contributed by atoms with Gasteiger partial charge in [0.1, 0.15) is 22.8 Å². The second-order valence-electron chi connectivity index (χ2n) is 15.3. The minimum atomic E-state index is -0.461. The molecule has 296 valence electrons. The predicted octanol–water partition coefficient (Wildman–Crippen LogP) is 6.45. The van der Waals surface area contributed by atoms with Crippen LogP contribution in [0.4, 0.5) is 15.4 Å². The standard InChI is InChI=1S/C20H27N3O3.C14H25NO4.C6H6N2O/c1-20(2,3)26-19(24)23-12-10-17(14-23)25-13-5-7-16-9-8-15-6-4-11-21-18(15)22-16;1-11(16)6-5-9-18-12-7-8-15(10-12)13(17)19-14(2,3)4;7-6-5(4-9)2-1-3-8-6/h4,6,8-9,11,17H,5,7,10,12-14H2,1-3H3;12H,5-10H2,1-4H3;1-4H,(H2,7,8)/t17-;12-;/m11./s1. The number of amides is 2. The summed E-state index contributed by atoms with van der Waals surface area (Å²) in [7, 11) is 0. The number of likely N-dealkylation sites (tertiary alicyclic amines) is 2. The van der Waals surface area contributed by atoms with Gasteiger partial charge >= 0.3 is 12.2 Å². The number of nitrogens with zero attached hydrogens (tertiary/aromatic N) is 5. The van der Waals surface area contributed by atoms with Crippen molar-refractivity contribution in [2.24, 2.45) is 0 Å². The van der Waals surface area contributed by atoms with Crippen molar-refractivity contribution in [3.05, 3.63) is 60.0 Å². The summed E-state index contributed by atoms with van der Waals surface area (Å²) in [6.07, 6.45) is 8.37. The normalized spacial score (nSPS) is 16.9. The number of fused-ring (bicyclic) bond motifs is 1. The summed E-state index contributed by atoms with van der Waals surface area (Å²) >= 11 is 0. The second kappa shape index (κ2) is 21.3. The van der Waals surface area contributed by atoms with E-state index < -0.39 is 11.2 Å². The van der Waals surface area contributed by atoms with Crippen molar-refractivity contribution in [2.75, 3.05) is 45.1 Å². The van der Waals surface area contributed by atoms with E-state index >= 15 is 0 Å². The summed E-state index contributed by atoms with van der Waals surface area (Å²) in [6, 6.07) is 11.3. The van der Waals surface area contributed by atoms with Crippen molar-refractivity contribution in [1.82, 2.24) is 24.8 Å². The van der Waals surface area contributed by atoms with Crippen LogP contribution in [0.3, 0.4) is 0 Å². The van der Waals surface area contributed by atoms with Crippen molar-refractivity contribution in [3.8, 4) is 0 Å². The first-order valence-electron chi connectivity index (χ1n) is 18.6. The van der Waals surface area contributed by atoms with Crippen LogP contribution in [-0.2, 0) is 30.2 Å². The minimum Gasteiger partial charge on any atom is -0.444 e. The van der Waals surface area contributed by atoms with Gasteiger partial charge < -0.3 is 39.3 Å². The molecule has 0 aromatic carbocycles. The SMILES string of the molecule is CC(=O)CCCO[C@@H]1CCN(C(=O)OC(C)(C)C)C1.CC(C)(C)OC(=O)N1CC[C@@H](OCCCc2ccc3cccnc3n2)C1.Nc1ncccc1C=O. The number of ether oxygens (including phenoxy) is 4. The summed E-state index contributed by atoms with van der Waals surface area (Å²) in [5.41, 5.74) is 6.63. The fourth-order valence-corrected chi connectivity index (χ4v) is 5.45. The first-order chi connectivity index (χ1) is 25.5. The Balaban J connectivity index is 0.000000244. The van der Waals surface area contributed by atoms with E-state index in [1.54, 1.807) is 41.2 Å². The molecule has 14 heteroatoms. The van der Waals surface area contributed by atoms with Crippen LogP contribution >= 0.6 is 0 Å². The highest BCUT2D eigenvalue weighted by atomic mass is 16.6. The molecule has 0 aliphatic carbocycles. The zero-order chi connectivity index (χ0) is 39.7. The number of nitrogens with two attached hydrogens (primary N) is 1. The monoisotopic (exact) mass is 750 g/mol. The van der Waals surface area contributed by atoms with E-state index in [0.717, 1.165) is 48.8 Å². The number of aryl methyl sites for hydroxylation is 1. The fraction of sp³-hybridized carbons (Fsp3) is 0.575. The molecular weight excluding hydrogens is 692 g/mol. The van der Waals surface area contributed by atoms with Crippen molar-refractivity contribution in [2.45, 2.75) is 110 Å². The minimum absolute atomic E-state index is 0.0690. The first kappa shape index (κ1) is 43.7. The Morgan fingerprint density at radius 2 is 1.37 bits per heavy atom. The average molecular weight is 751 g/mol. The quantitative estimate of drug-likeness (QED) is 0.168. The molecule has 2 amide bonds. The van der Waals surface area contributed by atoms with Gasteiger partial charge in [0.05, 0.1) is 30.9 Å². The molecule has 14 nitrogen and oxygen atoms in total. The van der Waals surface area contributed by atoms with E-state index in [-0.39, 0.29) is 36.0 Å². The number of pyridine rings is 3. The number of Topliss-reactive ketones (excluding diaryl/α,β-unsaturated/α-hetero) is 1. The molecule has 5 heterocycles. The molecule has 2 saturated heterocycles. The molecule has 0 unspecified atom stereocenters. The molecule has 2 N–H and O–H groups in total. The highest BCUT2D eigenvalue weighted by Crippen LogP contribution is 2.19. The molecule has 0 saturated carbocycles. The van der Waals surface area contributed by atoms with E-state index in [1.807, 2.05) is 59.7 Å². The van der Waals surface area contributed by atoms with Crippen LogP contribution in [0.25, 0.3) is 11.0 Å². The topological polar surface area (TPSA) is 176 Å². The van der Waals surface area contributed by atoms with Crippen molar-refractivity contribution in [1.29, 1.82) is 0 Å². The predicted molar refractivity (Wildman–Crippen MR) is 206 cm³/mol. The van der Waals surface area contributed by atoms with Crippen molar-refractivity contribution in [3.63, 3.8) is 0 Å². The van der Waals surface area contributed by atoms with Crippen molar-refractivity contribution >= 4 is 41.1 Å². The number of ketones is 1. The van der Waals surface area contributed by atoms with Gasteiger partial charge in [0.2, 0.25) is 0 Å². The number of nitrogen functional groups attached to an aromatic ring is 1. The van der Waals surface area contributed by atoms with E-state index in [1.165, 1.54) is 0 Å². The van der Waals surface area contributed by atoms with E-state index in [9.17, 15) is 19.2 Å². The Labute approximate surface area is 319 Å². The highest BCUT2D eigenvalue weighted by Gasteiger charge is 2.31. The Kier molecular flexibility index (Phi) is 17.2. The van der Waals surface area contributed by atoms with Crippen LogP contribution in [0.15, 0.2) is 48.8 Å². The maximum atomic E-state index is 12.1. The van der Waals surface area contributed by atoms with Crippen LogP contribution < -0.4 is 5.73 Å². The summed E-state index contributed by atoms with van der Waals surface area (Å²) in [4.78, 5) is 60.8. The van der Waals surface area contributed by atoms with Gasteiger partial charge in [-0.25, -0.2) is 24.5 Å². The van der Waals surface area contributed by atoms with Gasteiger partial charge in [0.25, 0.3) is 0 Å². The van der Waals surface area contributed by atoms with Crippen LogP contribution in [0, 0.1) is 0 Å². The lowest BCUT2D eigenvalue weighted by atomic mass is 10.2. The number of aromatic nitrogens is 3. The van der Waals surface area contributed by atoms with Crippen LogP contribution in [-0.4, -0.2) is 112 Å². The Bertz CT molecular complexity index is 1660. The smallest absolute Gasteiger partial charge is 0.410 e. The zero-order valence-electron chi connectivity index (χ0n) is 32.9. The summed E-state index contributed by atoms with van der Waals surface area (Å²) in [6.45, 7) is 16.6. The van der Waals surface area contributed by atoms with E-state index in [4.69, 9.17) is 24.7 Å². The van der Waals surface area contributed by atoms with Gasteiger partial charge in [-0.1, -0.05) is 0 Å². The van der Waals surface area contributed by atoms with E-state index in [0.29, 0.717) is 57.7 Å². The number of aldehydes is 1. The Morgan fingerprint density at radius 1 is 0.815 bits per heavy atom. The molecular formula is C40H58N6O8. The van der Waals surface area contributed by atoms with Gasteiger partial charge in [-0.3, -0.25) is 4.79 Å². The van der Waals surface area contributed by atoms with E-state index in [2.05, 4.69) is 21.0 Å². The summed E-state index contributed by atoms with van der Waals surface area (Å²) in [5.74, 6) is 0.470. The third-order valence-corrected chi connectivity index (χ3v) is 8.07. The lowest BCUT2D eigenvalue weighted by Gasteiger charge is -2.24. The number of rotatable bonds is 11. The molecule has 3 aromatic rings. The average Bonchev–Trinajstić information content (AvgIpc) is 3.79. The van der Waals surface area contributed by atoms with Crippen LogP contribution in [0.1, 0.15) is 96.6 Å². The fourth-order valence-electron chi connectivity index (χ4n) is 5.45. The lowest BCUT2D eigenvalue weighted by molar-refractivity contribution is -0.117. The molecule has 2 aliphatic heterocycles. The molecule has 0 radical (unpaired) electrons. The Hall–Kier alpha value is -4.69. The maximum Gasteiger partial charge on any atom is 0.410 e. The number of anilines is 1. The van der Waals surface area contributed by atoms with Crippen LogP contribution in [0.2, 0.25) is 0 Å². The lowest BCUT2D eigenvalue weighted by Crippen LogP contribution is -2.36. The highest BCUT2D eigenvalue weighted by molar-refractivity contribution is 5.81. The Morgan fingerprint density at radius 3 is 1.89 bits per heavy atom. The molecule has 3 aromatic heterocycles. The van der Waals surface area contributed by atoms with Crippen molar-refractivity contribution < 1.29 is 38.1 Å². The third kappa shape index (κ3) is 16.5. The number of carbonyl (C=O) groups excluding carboxylic acids is 4. The molecule has 5 rings (SSSR count). The number of hydrogen-bond donors (Lipinski definition) is 1.